The van der Waals surface area contributed by atoms with E-state index in [0.29, 0.717) is 16.8 Å². The summed E-state index contributed by atoms with van der Waals surface area (Å²) in [5.74, 6) is -1.76. The Balaban J connectivity index is 1.94. The SMILES string of the molecule is O=C(O)Cc1ccc(N2C(=O)c3ccncc3C2=O)cc1. The van der Waals surface area contributed by atoms with Crippen LogP contribution < -0.4 is 4.90 Å². The van der Waals surface area contributed by atoms with Crippen LogP contribution in [0.25, 0.3) is 0 Å². The molecule has 6 heteroatoms. The van der Waals surface area contributed by atoms with Crippen molar-refractivity contribution in [1.29, 1.82) is 0 Å². The maximum absolute atomic E-state index is 12.3. The van der Waals surface area contributed by atoms with Crippen molar-refractivity contribution >= 4 is 23.5 Å². The van der Waals surface area contributed by atoms with Crippen molar-refractivity contribution in [2.75, 3.05) is 4.90 Å². The van der Waals surface area contributed by atoms with Crippen molar-refractivity contribution in [3.8, 4) is 0 Å². The number of rotatable bonds is 3. The number of carbonyl (C=O) groups excluding carboxylic acids is 2. The van der Waals surface area contributed by atoms with E-state index in [1.54, 1.807) is 24.3 Å². The highest BCUT2D eigenvalue weighted by Crippen LogP contribution is 2.27. The summed E-state index contributed by atoms with van der Waals surface area (Å²) in [5, 5.41) is 8.72. The Morgan fingerprint density at radius 1 is 1.05 bits per heavy atom. The van der Waals surface area contributed by atoms with E-state index >= 15 is 0 Å². The number of hydrogen-bond acceptors (Lipinski definition) is 4. The molecule has 3 rings (SSSR count). The van der Waals surface area contributed by atoms with Gasteiger partial charge >= 0.3 is 5.97 Å². The number of benzene rings is 1. The zero-order valence-corrected chi connectivity index (χ0v) is 10.8. The Morgan fingerprint density at radius 3 is 2.33 bits per heavy atom. The quantitative estimate of drug-likeness (QED) is 0.862. The molecule has 0 aliphatic carbocycles. The molecule has 0 unspecified atom stereocenters. The van der Waals surface area contributed by atoms with E-state index in [1.807, 2.05) is 0 Å². The topological polar surface area (TPSA) is 87.6 Å². The highest BCUT2D eigenvalue weighted by molar-refractivity contribution is 6.34. The maximum atomic E-state index is 12.3. The second-order valence-corrected chi connectivity index (χ2v) is 4.60. The summed E-state index contributed by atoms with van der Waals surface area (Å²) in [6.45, 7) is 0. The number of carbonyl (C=O) groups is 3. The molecule has 6 nitrogen and oxygen atoms in total. The summed E-state index contributed by atoms with van der Waals surface area (Å²) in [4.78, 5) is 40.0. The number of anilines is 1. The van der Waals surface area contributed by atoms with E-state index in [2.05, 4.69) is 4.98 Å². The average Bonchev–Trinajstić information content (AvgIpc) is 2.72. The molecule has 1 N–H and O–H groups in total. The molecule has 0 radical (unpaired) electrons. The average molecular weight is 282 g/mol. The molecule has 1 aliphatic heterocycles. The standard InChI is InChI=1S/C15H10N2O4/c18-13(19)7-9-1-3-10(4-2-9)17-14(20)11-5-6-16-8-12(11)15(17)21/h1-6,8H,7H2,(H,18,19). The van der Waals surface area contributed by atoms with Gasteiger partial charge in [0.15, 0.2) is 0 Å². The van der Waals surface area contributed by atoms with Gasteiger partial charge in [-0.1, -0.05) is 12.1 Å². The van der Waals surface area contributed by atoms with Gasteiger partial charge in [-0.15, -0.1) is 0 Å². The Bertz CT molecular complexity index is 718. The fourth-order valence-electron chi connectivity index (χ4n) is 2.26. The Morgan fingerprint density at radius 2 is 1.71 bits per heavy atom. The first-order valence-electron chi connectivity index (χ1n) is 6.21. The number of fused-ring (bicyclic) bond motifs is 1. The minimum atomic E-state index is -0.936. The molecular formula is C15H10N2O4. The molecule has 0 saturated carbocycles. The Hall–Kier alpha value is -3.02. The summed E-state index contributed by atoms with van der Waals surface area (Å²) < 4.78 is 0. The van der Waals surface area contributed by atoms with Crippen LogP contribution in [0.1, 0.15) is 26.3 Å². The number of carboxylic acids is 1. The zero-order valence-electron chi connectivity index (χ0n) is 10.8. The third kappa shape index (κ3) is 2.16. The zero-order chi connectivity index (χ0) is 15.0. The number of aliphatic carboxylic acids is 1. The Kier molecular flexibility index (Phi) is 2.98. The predicted molar refractivity (Wildman–Crippen MR) is 73.2 cm³/mol. The van der Waals surface area contributed by atoms with Gasteiger partial charge in [-0.2, -0.15) is 0 Å². The van der Waals surface area contributed by atoms with Gasteiger partial charge in [-0.3, -0.25) is 19.4 Å². The lowest BCUT2D eigenvalue weighted by Crippen LogP contribution is -2.29. The number of hydrogen-bond donors (Lipinski definition) is 1. The van der Waals surface area contributed by atoms with Crippen LogP contribution in [0.5, 0.6) is 0 Å². The number of carboxylic acid groups (broad SMARTS) is 1. The van der Waals surface area contributed by atoms with Gasteiger partial charge in [0, 0.05) is 12.4 Å². The van der Waals surface area contributed by atoms with E-state index in [1.165, 1.54) is 18.5 Å². The van der Waals surface area contributed by atoms with Crippen LogP contribution in [-0.4, -0.2) is 27.9 Å². The lowest BCUT2D eigenvalue weighted by molar-refractivity contribution is -0.136. The third-order valence-electron chi connectivity index (χ3n) is 3.24. The molecule has 2 amide bonds. The summed E-state index contributed by atoms with van der Waals surface area (Å²) in [6.07, 6.45) is 2.73. The predicted octanol–water partition coefficient (Wildman–Crippen LogP) is 1.51. The third-order valence-corrected chi connectivity index (χ3v) is 3.24. The number of amides is 2. The largest absolute Gasteiger partial charge is 0.481 e. The van der Waals surface area contributed by atoms with E-state index in [0.717, 1.165) is 4.90 Å². The molecular weight excluding hydrogens is 272 g/mol. The summed E-state index contributed by atoms with van der Waals surface area (Å²) in [5.41, 5.74) is 1.61. The molecule has 0 bridgehead atoms. The maximum Gasteiger partial charge on any atom is 0.307 e. The van der Waals surface area contributed by atoms with Gasteiger partial charge in [0.05, 0.1) is 23.2 Å². The number of pyridine rings is 1. The highest BCUT2D eigenvalue weighted by Gasteiger charge is 2.36. The van der Waals surface area contributed by atoms with E-state index < -0.39 is 17.8 Å². The van der Waals surface area contributed by atoms with Crippen molar-refractivity contribution in [3.63, 3.8) is 0 Å². The monoisotopic (exact) mass is 282 g/mol. The highest BCUT2D eigenvalue weighted by atomic mass is 16.4. The second-order valence-electron chi connectivity index (χ2n) is 4.60. The molecule has 2 heterocycles. The van der Waals surface area contributed by atoms with Crippen molar-refractivity contribution < 1.29 is 19.5 Å². The molecule has 104 valence electrons. The first-order chi connectivity index (χ1) is 10.1. The molecule has 0 atom stereocenters. The molecule has 0 spiro atoms. The van der Waals surface area contributed by atoms with Crippen LogP contribution in [0.4, 0.5) is 5.69 Å². The van der Waals surface area contributed by atoms with Gasteiger partial charge in [0.25, 0.3) is 11.8 Å². The van der Waals surface area contributed by atoms with Gasteiger partial charge in [-0.05, 0) is 23.8 Å². The normalized spacial score (nSPS) is 13.4. The molecule has 2 aromatic rings. The second kappa shape index (κ2) is 4.82. The fourth-order valence-corrected chi connectivity index (χ4v) is 2.26. The smallest absolute Gasteiger partial charge is 0.307 e. The van der Waals surface area contributed by atoms with Gasteiger partial charge < -0.3 is 5.11 Å². The summed E-state index contributed by atoms with van der Waals surface area (Å²) >= 11 is 0. The fraction of sp³-hybridized carbons (Fsp3) is 0.0667. The molecule has 1 aliphatic rings. The molecule has 21 heavy (non-hydrogen) atoms. The van der Waals surface area contributed by atoms with Gasteiger partial charge in [-0.25, -0.2) is 4.90 Å². The van der Waals surface area contributed by atoms with Crippen molar-refractivity contribution in [2.45, 2.75) is 6.42 Å². The van der Waals surface area contributed by atoms with Crippen LogP contribution in [-0.2, 0) is 11.2 Å². The van der Waals surface area contributed by atoms with Gasteiger partial charge in [0.2, 0.25) is 0 Å². The first kappa shape index (κ1) is 13.0. The van der Waals surface area contributed by atoms with Gasteiger partial charge in [0.1, 0.15) is 0 Å². The lowest BCUT2D eigenvalue weighted by Gasteiger charge is -2.14. The first-order valence-corrected chi connectivity index (χ1v) is 6.21. The van der Waals surface area contributed by atoms with Crippen LogP contribution in [0, 0.1) is 0 Å². The summed E-state index contributed by atoms with van der Waals surface area (Å²) in [6, 6.07) is 7.81. The van der Waals surface area contributed by atoms with E-state index in [-0.39, 0.29) is 12.0 Å². The molecule has 1 aromatic carbocycles. The van der Waals surface area contributed by atoms with Crippen LogP contribution in [0.15, 0.2) is 42.7 Å². The minimum Gasteiger partial charge on any atom is -0.481 e. The number of aromatic nitrogens is 1. The van der Waals surface area contributed by atoms with Crippen molar-refractivity contribution in [1.82, 2.24) is 4.98 Å². The summed E-state index contributed by atoms with van der Waals surface area (Å²) in [7, 11) is 0. The molecule has 0 saturated heterocycles. The molecule has 0 fully saturated rings. The van der Waals surface area contributed by atoms with Crippen LogP contribution in [0.2, 0.25) is 0 Å². The minimum absolute atomic E-state index is 0.105. The lowest BCUT2D eigenvalue weighted by atomic mass is 10.1. The van der Waals surface area contributed by atoms with E-state index in [4.69, 9.17) is 5.11 Å². The number of nitrogens with zero attached hydrogens (tertiary/aromatic N) is 2. The van der Waals surface area contributed by atoms with Crippen LogP contribution in [0.3, 0.4) is 0 Å². The number of imide groups is 1. The van der Waals surface area contributed by atoms with E-state index in [9.17, 15) is 14.4 Å². The van der Waals surface area contributed by atoms with Crippen molar-refractivity contribution in [2.24, 2.45) is 0 Å². The molecule has 1 aromatic heterocycles. The van der Waals surface area contributed by atoms with Crippen LogP contribution >= 0.6 is 0 Å². The Labute approximate surface area is 119 Å². The van der Waals surface area contributed by atoms with Crippen molar-refractivity contribution in [3.05, 3.63) is 59.4 Å².